The monoisotopic (exact) mass is 760 g/mol. The molecule has 0 amide bonds. The second-order valence-electron chi connectivity index (χ2n) is 12.5. The van der Waals surface area contributed by atoms with Crippen molar-refractivity contribution in [3.8, 4) is 11.5 Å². The van der Waals surface area contributed by atoms with E-state index < -0.39 is 14.4 Å². The molecule has 0 saturated carbocycles. The molecule has 47 heavy (non-hydrogen) atoms. The number of hydrogen-bond donors (Lipinski definition) is 3. The zero-order valence-corrected chi connectivity index (χ0v) is 30.8. The van der Waals surface area contributed by atoms with E-state index in [4.69, 9.17) is 9.16 Å². The highest BCUT2D eigenvalue weighted by Gasteiger charge is 2.50. The third-order valence-corrected chi connectivity index (χ3v) is 14.2. The van der Waals surface area contributed by atoms with E-state index in [0.29, 0.717) is 33.3 Å². The van der Waals surface area contributed by atoms with Gasteiger partial charge in [0.05, 0.1) is 30.0 Å². The minimum atomic E-state index is -2.83. The van der Waals surface area contributed by atoms with Crippen molar-refractivity contribution in [1.29, 1.82) is 0 Å². The van der Waals surface area contributed by atoms with Crippen LogP contribution in [0.1, 0.15) is 44.7 Å². The van der Waals surface area contributed by atoms with Gasteiger partial charge in [0.15, 0.2) is 11.5 Å². The third-order valence-electron chi connectivity index (χ3n) is 8.40. The number of methoxy groups -OCH3 is 1. The summed E-state index contributed by atoms with van der Waals surface area (Å²) >= 11 is 2.09. The largest absolute Gasteiger partial charge is 0.504 e. The van der Waals surface area contributed by atoms with Crippen molar-refractivity contribution in [2.24, 2.45) is 0 Å². The molecule has 0 heterocycles. The Hall–Kier alpha value is -3.47. The molecule has 4 aromatic rings. The summed E-state index contributed by atoms with van der Waals surface area (Å²) in [6.45, 7) is 11.0. The van der Waals surface area contributed by atoms with E-state index in [9.17, 15) is 15.3 Å². The smallest absolute Gasteiger partial charge is 0.261 e. The van der Waals surface area contributed by atoms with E-state index in [0.717, 1.165) is 27.1 Å². The summed E-state index contributed by atoms with van der Waals surface area (Å²) in [5.41, 5.74) is 4.15. The number of hydrogen-bond acceptors (Lipinski definition) is 5. The number of halogens is 1. The number of allylic oxidation sites excluding steroid dienone is 1. The number of aromatic hydroxyl groups is 1. The molecule has 0 aliphatic carbocycles. The lowest BCUT2D eigenvalue weighted by Crippen LogP contribution is -2.66. The van der Waals surface area contributed by atoms with E-state index in [-0.39, 0.29) is 24.0 Å². The van der Waals surface area contributed by atoms with Gasteiger partial charge in [-0.25, -0.2) is 0 Å². The van der Waals surface area contributed by atoms with Gasteiger partial charge in [-0.05, 0) is 90.8 Å². The molecule has 0 aliphatic heterocycles. The SMILES string of the molecule is C=C(CO[Si](c1ccccc1)(c1ccccc1)C(C)(C)C)/C(=C/CO)C(O)CC/C(=C/c1cc(I)c(O)c(OC)c1)c1ccccc1. The summed E-state index contributed by atoms with van der Waals surface area (Å²) in [5.74, 6) is 0.514. The van der Waals surface area contributed by atoms with Crippen LogP contribution in [0, 0.1) is 3.57 Å². The van der Waals surface area contributed by atoms with Gasteiger partial charge >= 0.3 is 0 Å². The number of benzene rings is 4. The standard InChI is InChI=1S/C40H45IO5Si/c1-29(28-46-47(40(2,3)4,33-17-11-7-12-18-33)34-19-13-8-14-20-34)35(23-24-42)37(43)22-21-32(31-15-9-6-10-16-31)25-30-26-36(41)39(44)38(27-30)45-5/h6-20,23,25-27,37,42-44H,1,21-22,24,28H2,2-5H3/b32-25-,35-23-. The number of rotatable bonds is 14. The Morgan fingerprint density at radius 2 is 1.47 bits per heavy atom. The van der Waals surface area contributed by atoms with Crippen LogP contribution in [-0.2, 0) is 4.43 Å². The Labute approximate surface area is 294 Å². The Kier molecular flexibility index (Phi) is 12.8. The first-order valence-electron chi connectivity index (χ1n) is 15.8. The van der Waals surface area contributed by atoms with Crippen LogP contribution in [0.25, 0.3) is 11.6 Å². The van der Waals surface area contributed by atoms with E-state index in [1.165, 1.54) is 7.11 Å². The van der Waals surface area contributed by atoms with Crippen LogP contribution >= 0.6 is 22.6 Å². The lowest BCUT2D eigenvalue weighted by molar-refractivity contribution is 0.199. The van der Waals surface area contributed by atoms with Gasteiger partial charge in [0.1, 0.15) is 0 Å². The topological polar surface area (TPSA) is 79.2 Å². The average molecular weight is 761 g/mol. The second-order valence-corrected chi connectivity index (χ2v) is 18.0. The minimum absolute atomic E-state index is 0.111. The lowest BCUT2D eigenvalue weighted by atomic mass is 9.93. The molecule has 0 spiro atoms. The summed E-state index contributed by atoms with van der Waals surface area (Å²) in [7, 11) is -1.29. The molecule has 0 aromatic heterocycles. The molecule has 0 fully saturated rings. The Morgan fingerprint density at radius 3 is 1.98 bits per heavy atom. The number of phenolic OH excluding ortho intramolecular Hbond substituents is 1. The molecule has 1 atom stereocenters. The fourth-order valence-electron chi connectivity index (χ4n) is 6.09. The molecular weight excluding hydrogens is 715 g/mol. The van der Waals surface area contributed by atoms with Crippen molar-refractivity contribution in [1.82, 2.24) is 0 Å². The molecule has 7 heteroatoms. The third kappa shape index (κ3) is 8.71. The molecule has 0 aliphatic rings. The highest BCUT2D eigenvalue weighted by Crippen LogP contribution is 2.38. The number of aliphatic hydroxyl groups is 2. The highest BCUT2D eigenvalue weighted by molar-refractivity contribution is 14.1. The summed E-state index contributed by atoms with van der Waals surface area (Å²) in [6, 6.07) is 34.6. The molecule has 0 saturated heterocycles. The van der Waals surface area contributed by atoms with Crippen molar-refractivity contribution in [3.63, 3.8) is 0 Å². The minimum Gasteiger partial charge on any atom is -0.504 e. The van der Waals surface area contributed by atoms with Crippen LogP contribution in [0.3, 0.4) is 0 Å². The lowest BCUT2D eigenvalue weighted by Gasteiger charge is -2.43. The Morgan fingerprint density at radius 1 is 0.915 bits per heavy atom. The van der Waals surface area contributed by atoms with Gasteiger partial charge in [-0.15, -0.1) is 0 Å². The summed E-state index contributed by atoms with van der Waals surface area (Å²) in [5, 5.41) is 34.1. The van der Waals surface area contributed by atoms with Gasteiger partial charge < -0.3 is 24.5 Å². The molecule has 4 aromatic carbocycles. The van der Waals surface area contributed by atoms with E-state index in [2.05, 4.69) is 105 Å². The summed E-state index contributed by atoms with van der Waals surface area (Å²) in [6.07, 6.45) is 3.77. The zero-order valence-electron chi connectivity index (χ0n) is 27.6. The molecule has 5 nitrogen and oxygen atoms in total. The zero-order chi connectivity index (χ0) is 34.0. The normalized spacial score (nSPS) is 13.3. The quantitative estimate of drug-likeness (QED) is 0.0531. The fraction of sp³-hybridized carbons (Fsp3) is 0.250. The van der Waals surface area contributed by atoms with Crippen molar-refractivity contribution in [2.75, 3.05) is 20.3 Å². The predicted molar refractivity (Wildman–Crippen MR) is 205 cm³/mol. The number of ether oxygens (including phenoxy) is 1. The number of aliphatic hydroxyl groups excluding tert-OH is 2. The fourth-order valence-corrected chi connectivity index (χ4v) is 11.3. The van der Waals surface area contributed by atoms with Crippen LogP contribution in [0.5, 0.6) is 11.5 Å². The molecule has 246 valence electrons. The van der Waals surface area contributed by atoms with Crippen LogP contribution < -0.4 is 15.1 Å². The molecule has 0 radical (unpaired) electrons. The van der Waals surface area contributed by atoms with Crippen molar-refractivity contribution < 1.29 is 24.5 Å². The van der Waals surface area contributed by atoms with Crippen LogP contribution in [-0.4, -0.2) is 50.1 Å². The first-order valence-corrected chi connectivity index (χ1v) is 18.7. The molecule has 0 bridgehead atoms. The van der Waals surface area contributed by atoms with Gasteiger partial charge in [0, 0.05) is 0 Å². The van der Waals surface area contributed by atoms with E-state index >= 15 is 0 Å². The molecule has 4 rings (SSSR count). The van der Waals surface area contributed by atoms with E-state index in [1.807, 2.05) is 48.5 Å². The maximum atomic E-state index is 11.6. The molecule has 1 unspecified atom stereocenters. The molecule has 3 N–H and O–H groups in total. The summed E-state index contributed by atoms with van der Waals surface area (Å²) < 4.78 is 13.2. The van der Waals surface area contributed by atoms with Gasteiger partial charge in [-0.1, -0.05) is 130 Å². The second kappa shape index (κ2) is 16.6. The number of phenols is 1. The first kappa shape index (κ1) is 36.4. The van der Waals surface area contributed by atoms with Gasteiger partial charge in [0.25, 0.3) is 8.32 Å². The van der Waals surface area contributed by atoms with Crippen molar-refractivity contribution >= 4 is 52.9 Å². The predicted octanol–water partition coefficient (Wildman–Crippen LogP) is 7.74. The highest BCUT2D eigenvalue weighted by atomic mass is 127. The van der Waals surface area contributed by atoms with Gasteiger partial charge in [-0.3, -0.25) is 0 Å². The Bertz CT molecular complexity index is 1640. The van der Waals surface area contributed by atoms with Crippen LogP contribution in [0.2, 0.25) is 5.04 Å². The maximum Gasteiger partial charge on any atom is 0.261 e. The molecular formula is C40H45IO5Si. The maximum absolute atomic E-state index is 11.6. The Balaban J connectivity index is 1.61. The van der Waals surface area contributed by atoms with Crippen LogP contribution in [0.15, 0.2) is 127 Å². The van der Waals surface area contributed by atoms with Crippen molar-refractivity contribution in [2.45, 2.75) is 44.8 Å². The van der Waals surface area contributed by atoms with Crippen molar-refractivity contribution in [3.05, 3.63) is 142 Å². The van der Waals surface area contributed by atoms with Gasteiger partial charge in [0.2, 0.25) is 0 Å². The first-order chi connectivity index (χ1) is 22.5. The summed E-state index contributed by atoms with van der Waals surface area (Å²) in [4.78, 5) is 0. The van der Waals surface area contributed by atoms with E-state index in [1.54, 1.807) is 12.1 Å². The average Bonchev–Trinajstić information content (AvgIpc) is 3.07. The van der Waals surface area contributed by atoms with Crippen LogP contribution in [0.4, 0.5) is 0 Å². The van der Waals surface area contributed by atoms with Gasteiger partial charge in [-0.2, -0.15) is 0 Å².